The van der Waals surface area contributed by atoms with Gasteiger partial charge in [0.25, 0.3) is 0 Å². The highest BCUT2D eigenvalue weighted by molar-refractivity contribution is 4.94. The molecule has 2 heterocycles. The molecule has 0 amide bonds. The first-order chi connectivity index (χ1) is 7.75. The van der Waals surface area contributed by atoms with E-state index in [1.165, 1.54) is 63.9 Å². The first kappa shape index (κ1) is 12.1. The van der Waals surface area contributed by atoms with Crippen LogP contribution in [0.15, 0.2) is 12.2 Å². The molecule has 2 heteroatoms. The Kier molecular flexibility index (Phi) is 4.42. The van der Waals surface area contributed by atoms with E-state index in [2.05, 4.69) is 23.3 Å². The average Bonchev–Trinajstić information content (AvgIpc) is 2.30. The molecule has 2 rings (SSSR count). The van der Waals surface area contributed by atoms with Gasteiger partial charge in [-0.05, 0) is 52.2 Å². The second-order valence-corrected chi connectivity index (χ2v) is 5.58. The van der Waals surface area contributed by atoms with Crippen LogP contribution < -0.4 is 0 Å². The van der Waals surface area contributed by atoms with Crippen LogP contribution in [-0.2, 0) is 0 Å². The minimum atomic E-state index is 0.827. The van der Waals surface area contributed by atoms with Crippen LogP contribution in [0.2, 0.25) is 0 Å². The monoisotopic (exact) mass is 222 g/mol. The summed E-state index contributed by atoms with van der Waals surface area (Å²) in [5.74, 6) is 0. The molecule has 0 aliphatic carbocycles. The number of hydrogen-bond donors (Lipinski definition) is 0. The third-order valence-electron chi connectivity index (χ3n) is 3.88. The van der Waals surface area contributed by atoms with E-state index in [1.807, 2.05) is 0 Å². The van der Waals surface area contributed by atoms with Crippen molar-refractivity contribution >= 4 is 0 Å². The van der Waals surface area contributed by atoms with Crippen molar-refractivity contribution in [3.05, 3.63) is 12.2 Å². The molecule has 0 bridgehead atoms. The maximum atomic E-state index is 4.03. The lowest BCUT2D eigenvalue weighted by molar-refractivity contribution is 0.0872. The zero-order valence-corrected chi connectivity index (χ0v) is 10.7. The molecule has 2 fully saturated rings. The van der Waals surface area contributed by atoms with Crippen LogP contribution in [0, 0.1) is 0 Å². The van der Waals surface area contributed by atoms with Gasteiger partial charge in [0.15, 0.2) is 0 Å². The molecule has 2 nitrogen and oxygen atoms in total. The van der Waals surface area contributed by atoms with Crippen molar-refractivity contribution in [3.63, 3.8) is 0 Å². The minimum absolute atomic E-state index is 0.827. The molecule has 2 aliphatic rings. The summed E-state index contributed by atoms with van der Waals surface area (Å²) < 4.78 is 0. The summed E-state index contributed by atoms with van der Waals surface area (Å²) in [4.78, 5) is 5.32. The minimum Gasteiger partial charge on any atom is -0.299 e. The first-order valence-electron chi connectivity index (χ1n) is 6.86. The molecule has 92 valence electrons. The Morgan fingerprint density at radius 1 is 1.12 bits per heavy atom. The summed E-state index contributed by atoms with van der Waals surface area (Å²) in [7, 11) is 0. The fraction of sp³-hybridized carbons (Fsp3) is 0.857. The predicted molar refractivity (Wildman–Crippen MR) is 69.7 cm³/mol. The smallest absolute Gasteiger partial charge is 0.0223 e. The number of hydrogen-bond acceptors (Lipinski definition) is 2. The molecule has 0 unspecified atom stereocenters. The van der Waals surface area contributed by atoms with E-state index in [0.717, 1.165) is 12.6 Å². The van der Waals surface area contributed by atoms with E-state index in [-0.39, 0.29) is 0 Å². The topological polar surface area (TPSA) is 6.48 Å². The summed E-state index contributed by atoms with van der Waals surface area (Å²) in [5, 5.41) is 0. The van der Waals surface area contributed by atoms with Crippen molar-refractivity contribution in [2.45, 2.75) is 45.1 Å². The maximum Gasteiger partial charge on any atom is 0.0223 e. The zero-order chi connectivity index (χ0) is 11.4. The standard InChI is InChI=1S/C14H26N2/c1-13(2)11-15-8-6-7-14(12-15)16-9-4-3-5-10-16/h14H,1,3-12H2,2H3/t14-/m1/s1. The van der Waals surface area contributed by atoms with Gasteiger partial charge in [-0.3, -0.25) is 9.80 Å². The van der Waals surface area contributed by atoms with E-state index in [4.69, 9.17) is 0 Å². The van der Waals surface area contributed by atoms with Gasteiger partial charge < -0.3 is 0 Å². The van der Waals surface area contributed by atoms with E-state index < -0.39 is 0 Å². The lowest BCUT2D eigenvalue weighted by atomic mass is 10.0. The van der Waals surface area contributed by atoms with Crippen molar-refractivity contribution in [3.8, 4) is 0 Å². The molecular formula is C14H26N2. The Bertz CT molecular complexity index is 231. The highest BCUT2D eigenvalue weighted by Gasteiger charge is 2.25. The molecular weight excluding hydrogens is 196 g/mol. The van der Waals surface area contributed by atoms with Crippen LogP contribution in [-0.4, -0.2) is 48.6 Å². The second-order valence-electron chi connectivity index (χ2n) is 5.58. The van der Waals surface area contributed by atoms with Crippen molar-refractivity contribution < 1.29 is 0 Å². The van der Waals surface area contributed by atoms with Gasteiger partial charge in [-0.2, -0.15) is 0 Å². The van der Waals surface area contributed by atoms with Gasteiger partial charge >= 0.3 is 0 Å². The molecule has 0 aromatic heterocycles. The molecule has 16 heavy (non-hydrogen) atoms. The molecule has 0 saturated carbocycles. The third kappa shape index (κ3) is 3.33. The van der Waals surface area contributed by atoms with E-state index in [0.29, 0.717) is 0 Å². The van der Waals surface area contributed by atoms with Gasteiger partial charge in [0.2, 0.25) is 0 Å². The largest absolute Gasteiger partial charge is 0.299 e. The molecule has 0 spiro atoms. The van der Waals surface area contributed by atoms with Gasteiger partial charge in [-0.25, -0.2) is 0 Å². The van der Waals surface area contributed by atoms with Gasteiger partial charge in [-0.1, -0.05) is 18.6 Å². The van der Waals surface area contributed by atoms with Crippen molar-refractivity contribution in [2.24, 2.45) is 0 Å². The van der Waals surface area contributed by atoms with Crippen LogP contribution in [0.3, 0.4) is 0 Å². The van der Waals surface area contributed by atoms with Gasteiger partial charge in [0, 0.05) is 19.1 Å². The number of rotatable bonds is 3. The Balaban J connectivity index is 1.83. The van der Waals surface area contributed by atoms with E-state index in [1.54, 1.807) is 0 Å². The van der Waals surface area contributed by atoms with E-state index >= 15 is 0 Å². The SMILES string of the molecule is C=C(C)CN1CCC[C@@H](N2CCCCC2)C1. The molecule has 1 atom stereocenters. The quantitative estimate of drug-likeness (QED) is 0.677. The molecule has 0 aromatic carbocycles. The fourth-order valence-corrected chi connectivity index (χ4v) is 3.14. The lowest BCUT2D eigenvalue weighted by Crippen LogP contribution is -2.49. The van der Waals surface area contributed by atoms with E-state index in [9.17, 15) is 0 Å². The van der Waals surface area contributed by atoms with Gasteiger partial charge in [0.1, 0.15) is 0 Å². The third-order valence-corrected chi connectivity index (χ3v) is 3.88. The van der Waals surface area contributed by atoms with Crippen molar-refractivity contribution in [1.82, 2.24) is 9.80 Å². The second kappa shape index (κ2) is 5.83. The molecule has 0 N–H and O–H groups in total. The predicted octanol–water partition coefficient (Wildman–Crippen LogP) is 2.51. The normalized spacial score (nSPS) is 29.2. The first-order valence-corrected chi connectivity index (χ1v) is 6.86. The van der Waals surface area contributed by atoms with Gasteiger partial charge in [-0.15, -0.1) is 0 Å². The molecule has 2 saturated heterocycles. The Hall–Kier alpha value is -0.340. The van der Waals surface area contributed by atoms with Crippen LogP contribution in [0.5, 0.6) is 0 Å². The van der Waals surface area contributed by atoms with Crippen LogP contribution in [0.1, 0.15) is 39.0 Å². The molecule has 2 aliphatic heterocycles. The lowest BCUT2D eigenvalue weighted by Gasteiger charge is -2.41. The summed E-state index contributed by atoms with van der Waals surface area (Å²) in [6.45, 7) is 12.5. The highest BCUT2D eigenvalue weighted by Crippen LogP contribution is 2.20. The van der Waals surface area contributed by atoms with Gasteiger partial charge in [0.05, 0.1) is 0 Å². The Morgan fingerprint density at radius 3 is 2.56 bits per heavy atom. The van der Waals surface area contributed by atoms with Crippen molar-refractivity contribution in [1.29, 1.82) is 0 Å². The Morgan fingerprint density at radius 2 is 1.88 bits per heavy atom. The van der Waals surface area contributed by atoms with Crippen LogP contribution >= 0.6 is 0 Å². The highest BCUT2D eigenvalue weighted by atomic mass is 15.2. The van der Waals surface area contributed by atoms with Crippen LogP contribution in [0.25, 0.3) is 0 Å². The summed E-state index contributed by atoms with van der Waals surface area (Å²) >= 11 is 0. The maximum absolute atomic E-state index is 4.03. The summed E-state index contributed by atoms with van der Waals surface area (Å²) in [6, 6.07) is 0.827. The zero-order valence-electron chi connectivity index (χ0n) is 10.7. The molecule has 0 radical (unpaired) electrons. The number of piperidine rings is 2. The fourth-order valence-electron chi connectivity index (χ4n) is 3.14. The summed E-state index contributed by atoms with van der Waals surface area (Å²) in [5.41, 5.74) is 1.30. The average molecular weight is 222 g/mol. The molecule has 0 aromatic rings. The number of nitrogens with zero attached hydrogens (tertiary/aromatic N) is 2. The number of likely N-dealkylation sites (tertiary alicyclic amines) is 2. The van der Waals surface area contributed by atoms with Crippen LogP contribution in [0.4, 0.5) is 0 Å². The summed E-state index contributed by atoms with van der Waals surface area (Å²) in [6.07, 6.45) is 7.05. The Labute approximate surface area is 100 Å². The van der Waals surface area contributed by atoms with Crippen molar-refractivity contribution in [2.75, 3.05) is 32.7 Å².